The molecule has 0 saturated carbocycles. The predicted octanol–water partition coefficient (Wildman–Crippen LogP) is 3.58. The molecular formula is C11H8N2S2. The standard InChI is InChI=1S/C11H8N2S2/c1-2-4-9-8(3-1)7-12-13-10(9)11-14-5-6-15-11/h1-7,11H. The molecular weight excluding hydrogens is 224 g/mol. The number of fused-ring (bicyclic) bond motifs is 1. The highest BCUT2D eigenvalue weighted by molar-refractivity contribution is 8.21. The van der Waals surface area contributed by atoms with Gasteiger partial charge in [0, 0.05) is 10.8 Å². The summed E-state index contributed by atoms with van der Waals surface area (Å²) in [6, 6.07) is 8.26. The van der Waals surface area contributed by atoms with E-state index >= 15 is 0 Å². The number of nitrogens with zero attached hydrogens (tertiary/aromatic N) is 2. The van der Waals surface area contributed by atoms with Gasteiger partial charge in [-0.25, -0.2) is 0 Å². The number of thioether (sulfide) groups is 2. The predicted molar refractivity (Wildman–Crippen MR) is 66.6 cm³/mol. The van der Waals surface area contributed by atoms with Gasteiger partial charge in [-0.1, -0.05) is 24.3 Å². The molecule has 2 nitrogen and oxygen atoms in total. The first-order valence-electron chi connectivity index (χ1n) is 4.61. The van der Waals surface area contributed by atoms with Crippen molar-refractivity contribution in [1.29, 1.82) is 0 Å². The van der Waals surface area contributed by atoms with E-state index in [0.29, 0.717) is 4.58 Å². The van der Waals surface area contributed by atoms with E-state index in [1.165, 1.54) is 5.39 Å². The molecule has 1 aliphatic heterocycles. The van der Waals surface area contributed by atoms with Crippen LogP contribution in [0, 0.1) is 0 Å². The molecule has 0 amide bonds. The summed E-state index contributed by atoms with van der Waals surface area (Å²) in [5.41, 5.74) is 1.08. The molecule has 1 aromatic carbocycles. The summed E-state index contributed by atoms with van der Waals surface area (Å²) in [5, 5.41) is 14.9. The van der Waals surface area contributed by atoms with Gasteiger partial charge < -0.3 is 0 Å². The van der Waals surface area contributed by atoms with E-state index in [9.17, 15) is 0 Å². The molecule has 15 heavy (non-hydrogen) atoms. The molecule has 0 aliphatic carbocycles. The Labute approximate surface area is 96.2 Å². The summed E-state index contributed by atoms with van der Waals surface area (Å²) < 4.78 is 0.364. The minimum Gasteiger partial charge on any atom is -0.158 e. The van der Waals surface area contributed by atoms with Crippen LogP contribution in [0.1, 0.15) is 10.3 Å². The van der Waals surface area contributed by atoms with Gasteiger partial charge in [-0.2, -0.15) is 10.2 Å². The first-order valence-corrected chi connectivity index (χ1v) is 6.50. The fourth-order valence-electron chi connectivity index (χ4n) is 1.59. The minimum absolute atomic E-state index is 0.364. The zero-order chi connectivity index (χ0) is 10.1. The minimum atomic E-state index is 0.364. The third kappa shape index (κ3) is 1.64. The molecule has 2 aromatic rings. The van der Waals surface area contributed by atoms with E-state index in [4.69, 9.17) is 0 Å². The third-order valence-corrected chi connectivity index (χ3v) is 4.65. The van der Waals surface area contributed by atoms with Crippen LogP contribution in [0.3, 0.4) is 0 Å². The number of aromatic nitrogens is 2. The van der Waals surface area contributed by atoms with Crippen LogP contribution in [0.2, 0.25) is 0 Å². The maximum Gasteiger partial charge on any atom is 0.103 e. The van der Waals surface area contributed by atoms with E-state index in [0.717, 1.165) is 11.1 Å². The first-order chi connectivity index (χ1) is 7.45. The van der Waals surface area contributed by atoms with Crippen molar-refractivity contribution < 1.29 is 0 Å². The molecule has 0 fully saturated rings. The maximum absolute atomic E-state index is 4.26. The average Bonchev–Trinajstić information content (AvgIpc) is 2.82. The van der Waals surface area contributed by atoms with Crippen molar-refractivity contribution in [2.24, 2.45) is 0 Å². The molecule has 1 aromatic heterocycles. The molecule has 0 atom stereocenters. The fraction of sp³-hybridized carbons (Fsp3) is 0.0909. The van der Waals surface area contributed by atoms with Gasteiger partial charge in [0.25, 0.3) is 0 Å². The van der Waals surface area contributed by atoms with Gasteiger partial charge in [0.1, 0.15) is 4.58 Å². The van der Waals surface area contributed by atoms with Crippen molar-refractivity contribution in [1.82, 2.24) is 10.2 Å². The Morgan fingerprint density at radius 3 is 2.73 bits per heavy atom. The smallest absolute Gasteiger partial charge is 0.103 e. The second-order valence-corrected chi connectivity index (χ2v) is 5.52. The second-order valence-electron chi connectivity index (χ2n) is 3.19. The molecule has 1 aliphatic rings. The van der Waals surface area contributed by atoms with Crippen molar-refractivity contribution in [2.45, 2.75) is 4.58 Å². The lowest BCUT2D eigenvalue weighted by Gasteiger charge is -2.08. The number of benzene rings is 1. The van der Waals surface area contributed by atoms with Crippen molar-refractivity contribution in [3.05, 3.63) is 47.0 Å². The lowest BCUT2D eigenvalue weighted by molar-refractivity contribution is 0.990. The van der Waals surface area contributed by atoms with Crippen molar-refractivity contribution in [3.8, 4) is 0 Å². The van der Waals surface area contributed by atoms with E-state index in [1.54, 1.807) is 23.5 Å². The summed E-state index contributed by atoms with van der Waals surface area (Å²) in [6.07, 6.45) is 1.82. The van der Waals surface area contributed by atoms with Crippen LogP contribution in [0.15, 0.2) is 41.3 Å². The Morgan fingerprint density at radius 2 is 1.87 bits per heavy atom. The fourth-order valence-corrected chi connectivity index (χ4v) is 3.64. The van der Waals surface area contributed by atoms with Crippen molar-refractivity contribution in [3.63, 3.8) is 0 Å². The molecule has 4 heteroatoms. The first kappa shape index (κ1) is 9.24. The monoisotopic (exact) mass is 232 g/mol. The van der Waals surface area contributed by atoms with E-state index in [2.05, 4.69) is 33.1 Å². The summed E-state index contributed by atoms with van der Waals surface area (Å²) in [6.45, 7) is 0. The zero-order valence-corrected chi connectivity index (χ0v) is 9.46. The molecule has 0 saturated heterocycles. The molecule has 3 rings (SSSR count). The summed E-state index contributed by atoms with van der Waals surface area (Å²) >= 11 is 3.58. The summed E-state index contributed by atoms with van der Waals surface area (Å²) in [4.78, 5) is 0. The largest absolute Gasteiger partial charge is 0.158 e. The molecule has 0 N–H and O–H groups in total. The van der Waals surface area contributed by atoms with Crippen molar-refractivity contribution >= 4 is 34.3 Å². The van der Waals surface area contributed by atoms with Gasteiger partial charge in [0.05, 0.1) is 11.9 Å². The van der Waals surface area contributed by atoms with Gasteiger partial charge in [-0.3, -0.25) is 0 Å². The van der Waals surface area contributed by atoms with Gasteiger partial charge in [-0.15, -0.1) is 23.5 Å². The molecule has 74 valence electrons. The second kappa shape index (κ2) is 3.87. The maximum atomic E-state index is 4.26. The van der Waals surface area contributed by atoms with Crippen LogP contribution in [0.5, 0.6) is 0 Å². The molecule has 0 radical (unpaired) electrons. The Morgan fingerprint density at radius 1 is 1.07 bits per heavy atom. The molecule has 2 heterocycles. The van der Waals surface area contributed by atoms with Crippen LogP contribution in [0.4, 0.5) is 0 Å². The Bertz CT molecular complexity index is 511. The number of rotatable bonds is 1. The molecule has 0 spiro atoms. The van der Waals surface area contributed by atoms with Gasteiger partial charge >= 0.3 is 0 Å². The van der Waals surface area contributed by atoms with Crippen LogP contribution < -0.4 is 0 Å². The van der Waals surface area contributed by atoms with Gasteiger partial charge in [0.2, 0.25) is 0 Å². The van der Waals surface area contributed by atoms with Gasteiger partial charge in [0.15, 0.2) is 0 Å². The van der Waals surface area contributed by atoms with E-state index < -0.39 is 0 Å². The van der Waals surface area contributed by atoms with Crippen molar-refractivity contribution in [2.75, 3.05) is 0 Å². The SMILES string of the molecule is C1=CSC(c2nncc3ccccc23)S1. The lowest BCUT2D eigenvalue weighted by Crippen LogP contribution is -1.94. The Kier molecular flexibility index (Phi) is 2.38. The van der Waals surface area contributed by atoms with Crippen LogP contribution in [0.25, 0.3) is 10.8 Å². The lowest BCUT2D eigenvalue weighted by atomic mass is 10.1. The quantitative estimate of drug-likeness (QED) is 0.750. The highest BCUT2D eigenvalue weighted by Gasteiger charge is 2.18. The Hall–Kier alpha value is -1.00. The summed E-state index contributed by atoms with van der Waals surface area (Å²) in [7, 11) is 0. The zero-order valence-electron chi connectivity index (χ0n) is 7.83. The topological polar surface area (TPSA) is 25.8 Å². The van der Waals surface area contributed by atoms with E-state index in [-0.39, 0.29) is 0 Å². The normalized spacial score (nSPS) is 16.3. The van der Waals surface area contributed by atoms with Gasteiger partial charge in [-0.05, 0) is 10.8 Å². The molecule has 0 bridgehead atoms. The van der Waals surface area contributed by atoms with Crippen LogP contribution >= 0.6 is 23.5 Å². The van der Waals surface area contributed by atoms with Crippen LogP contribution in [-0.2, 0) is 0 Å². The van der Waals surface area contributed by atoms with E-state index in [1.807, 2.05) is 18.3 Å². The Balaban J connectivity index is 2.17. The molecule has 0 unspecified atom stereocenters. The third-order valence-electron chi connectivity index (χ3n) is 2.28. The highest BCUT2D eigenvalue weighted by atomic mass is 32.2. The average molecular weight is 232 g/mol. The number of hydrogen-bond donors (Lipinski definition) is 0. The number of hydrogen-bond acceptors (Lipinski definition) is 4. The highest BCUT2D eigenvalue weighted by Crippen LogP contribution is 2.46. The summed E-state index contributed by atoms with van der Waals surface area (Å²) in [5.74, 6) is 0. The van der Waals surface area contributed by atoms with Crippen LogP contribution in [-0.4, -0.2) is 10.2 Å².